The zero-order chi connectivity index (χ0) is 11.3. The topological polar surface area (TPSA) is 49.4 Å². The number of piperidine rings is 1. The zero-order valence-corrected chi connectivity index (χ0v) is 9.58. The van der Waals surface area contributed by atoms with Crippen LogP contribution in [0.15, 0.2) is 0 Å². The number of nitrogens with one attached hydrogen (secondary N) is 1. The lowest BCUT2D eigenvalue weighted by Gasteiger charge is -2.30. The van der Waals surface area contributed by atoms with Crippen LogP contribution in [0.5, 0.6) is 0 Å². The number of carbonyl (C=O) groups is 2. The van der Waals surface area contributed by atoms with Gasteiger partial charge < -0.3 is 10.2 Å². The van der Waals surface area contributed by atoms with E-state index in [1.54, 1.807) is 4.90 Å². The average molecular weight is 212 g/mol. The second-order valence-corrected chi connectivity index (χ2v) is 4.15. The fraction of sp³-hybridized carbons (Fsp3) is 0.818. The Bertz CT molecular complexity index is 241. The Hall–Kier alpha value is -1.06. The molecule has 0 bridgehead atoms. The van der Waals surface area contributed by atoms with Gasteiger partial charge in [-0.25, -0.2) is 4.79 Å². The highest BCUT2D eigenvalue weighted by atomic mass is 16.2. The van der Waals surface area contributed by atoms with E-state index in [0.717, 1.165) is 19.4 Å². The van der Waals surface area contributed by atoms with Gasteiger partial charge >= 0.3 is 6.03 Å². The van der Waals surface area contributed by atoms with Gasteiger partial charge in [0.2, 0.25) is 0 Å². The molecule has 1 heterocycles. The van der Waals surface area contributed by atoms with Crippen molar-refractivity contribution < 1.29 is 9.59 Å². The van der Waals surface area contributed by atoms with Gasteiger partial charge in [-0.1, -0.05) is 20.3 Å². The molecule has 1 atom stereocenters. The van der Waals surface area contributed by atoms with Crippen molar-refractivity contribution in [3.63, 3.8) is 0 Å². The molecule has 1 N–H and O–H groups in total. The van der Waals surface area contributed by atoms with Crippen LogP contribution in [0.2, 0.25) is 0 Å². The van der Waals surface area contributed by atoms with Gasteiger partial charge in [0.15, 0.2) is 0 Å². The van der Waals surface area contributed by atoms with Crippen LogP contribution in [-0.2, 0) is 4.79 Å². The van der Waals surface area contributed by atoms with Crippen molar-refractivity contribution in [2.24, 2.45) is 5.92 Å². The molecule has 4 nitrogen and oxygen atoms in total. The molecule has 0 saturated carbocycles. The largest absolute Gasteiger partial charge is 0.338 e. The maximum atomic E-state index is 11.6. The number of likely N-dealkylation sites (tertiary alicyclic amines) is 1. The number of ketones is 1. The van der Waals surface area contributed by atoms with Crippen LogP contribution in [0, 0.1) is 5.92 Å². The molecular formula is C11H20N2O2. The first-order valence-electron chi connectivity index (χ1n) is 5.70. The van der Waals surface area contributed by atoms with E-state index in [2.05, 4.69) is 12.2 Å². The third kappa shape index (κ3) is 3.53. The summed E-state index contributed by atoms with van der Waals surface area (Å²) in [7, 11) is 0. The Balaban J connectivity index is 2.31. The van der Waals surface area contributed by atoms with Crippen molar-refractivity contribution in [1.82, 2.24) is 10.2 Å². The summed E-state index contributed by atoms with van der Waals surface area (Å²) in [5, 5.41) is 2.86. The summed E-state index contributed by atoms with van der Waals surface area (Å²) in [4.78, 5) is 24.6. The van der Waals surface area contributed by atoms with Crippen molar-refractivity contribution >= 4 is 11.8 Å². The summed E-state index contributed by atoms with van der Waals surface area (Å²) in [6.07, 6.45) is 2.59. The molecule has 0 spiro atoms. The number of Topliss-reactive ketones (excluding diaryl/α,β-unsaturated/α-hetero) is 1. The van der Waals surface area contributed by atoms with Gasteiger partial charge in [0.05, 0.1) is 0 Å². The lowest BCUT2D eigenvalue weighted by atomic mass is 9.99. The number of nitrogens with zero attached hydrogens (tertiary/aromatic N) is 1. The van der Waals surface area contributed by atoms with Gasteiger partial charge in [-0.15, -0.1) is 0 Å². The molecule has 0 aromatic rings. The number of urea groups is 1. The molecule has 0 aliphatic carbocycles. The zero-order valence-electron chi connectivity index (χ0n) is 9.58. The minimum absolute atomic E-state index is 0.00400. The van der Waals surface area contributed by atoms with Crippen LogP contribution in [0.3, 0.4) is 0 Å². The molecule has 1 aliphatic heterocycles. The van der Waals surface area contributed by atoms with E-state index in [0.29, 0.717) is 19.5 Å². The minimum atomic E-state index is -0.0252. The Morgan fingerprint density at radius 3 is 2.93 bits per heavy atom. The lowest BCUT2D eigenvalue weighted by Crippen LogP contribution is -2.47. The number of unbranched alkanes of at least 4 members (excludes halogenated alkanes) is 1. The van der Waals surface area contributed by atoms with Crippen LogP contribution in [-0.4, -0.2) is 36.3 Å². The van der Waals surface area contributed by atoms with E-state index in [1.165, 1.54) is 0 Å². The second kappa shape index (κ2) is 5.73. The number of hydrogen-bond donors (Lipinski definition) is 1. The van der Waals surface area contributed by atoms with E-state index < -0.39 is 0 Å². The maximum absolute atomic E-state index is 11.6. The van der Waals surface area contributed by atoms with Crippen LogP contribution in [0.4, 0.5) is 4.79 Å². The Labute approximate surface area is 91.0 Å². The third-order valence-electron chi connectivity index (χ3n) is 2.77. The smallest absolute Gasteiger partial charge is 0.317 e. The summed E-state index contributed by atoms with van der Waals surface area (Å²) in [5.41, 5.74) is 0. The Morgan fingerprint density at radius 1 is 1.60 bits per heavy atom. The first-order chi connectivity index (χ1) is 7.15. The van der Waals surface area contributed by atoms with E-state index in [1.807, 2.05) is 6.92 Å². The predicted octanol–water partition coefficient (Wildman–Crippen LogP) is 1.41. The van der Waals surface area contributed by atoms with E-state index >= 15 is 0 Å². The highest BCUT2D eigenvalue weighted by Crippen LogP contribution is 2.11. The summed E-state index contributed by atoms with van der Waals surface area (Å²) < 4.78 is 0. The van der Waals surface area contributed by atoms with Crippen LogP contribution < -0.4 is 5.32 Å². The highest BCUT2D eigenvalue weighted by molar-refractivity contribution is 5.84. The highest BCUT2D eigenvalue weighted by Gasteiger charge is 2.26. The second-order valence-electron chi connectivity index (χ2n) is 4.15. The van der Waals surface area contributed by atoms with E-state index in [4.69, 9.17) is 0 Å². The van der Waals surface area contributed by atoms with Gasteiger partial charge in [-0.05, 0) is 6.42 Å². The van der Waals surface area contributed by atoms with Crippen LogP contribution >= 0.6 is 0 Å². The first-order valence-corrected chi connectivity index (χ1v) is 5.70. The maximum Gasteiger partial charge on any atom is 0.317 e. The minimum Gasteiger partial charge on any atom is -0.338 e. The van der Waals surface area contributed by atoms with Gasteiger partial charge in [0, 0.05) is 32.0 Å². The first kappa shape index (κ1) is 12.0. The quantitative estimate of drug-likeness (QED) is 0.719. The van der Waals surface area contributed by atoms with Crippen molar-refractivity contribution in [2.45, 2.75) is 33.1 Å². The van der Waals surface area contributed by atoms with Gasteiger partial charge in [-0.3, -0.25) is 4.79 Å². The SMILES string of the molecule is CCCCNC(=O)N1CCC(=O)C(C)C1. The van der Waals surface area contributed by atoms with Gasteiger partial charge in [-0.2, -0.15) is 0 Å². The molecule has 1 unspecified atom stereocenters. The molecule has 2 amide bonds. The van der Waals surface area contributed by atoms with Crippen LogP contribution in [0.1, 0.15) is 33.1 Å². The fourth-order valence-corrected chi connectivity index (χ4v) is 1.68. The molecule has 1 saturated heterocycles. The Kier molecular flexibility index (Phi) is 4.59. The fourth-order valence-electron chi connectivity index (χ4n) is 1.68. The third-order valence-corrected chi connectivity index (χ3v) is 2.77. The molecule has 86 valence electrons. The monoisotopic (exact) mass is 212 g/mol. The van der Waals surface area contributed by atoms with E-state index in [9.17, 15) is 9.59 Å². The summed E-state index contributed by atoms with van der Waals surface area (Å²) in [6, 6.07) is -0.0252. The molecule has 0 aromatic heterocycles. The van der Waals surface area contributed by atoms with Crippen LogP contribution in [0.25, 0.3) is 0 Å². The molecule has 4 heteroatoms. The molecule has 1 aliphatic rings. The van der Waals surface area contributed by atoms with Crippen molar-refractivity contribution in [3.05, 3.63) is 0 Å². The normalized spacial score (nSPS) is 21.6. The molecule has 1 rings (SSSR count). The summed E-state index contributed by atoms with van der Waals surface area (Å²) in [5.74, 6) is 0.267. The summed E-state index contributed by atoms with van der Waals surface area (Å²) in [6.45, 7) is 5.84. The molecule has 1 fully saturated rings. The van der Waals surface area contributed by atoms with Crippen molar-refractivity contribution in [3.8, 4) is 0 Å². The predicted molar refractivity (Wildman–Crippen MR) is 58.7 cm³/mol. The molecule has 0 radical (unpaired) electrons. The van der Waals surface area contributed by atoms with Gasteiger partial charge in [0.1, 0.15) is 5.78 Å². The van der Waals surface area contributed by atoms with Crippen molar-refractivity contribution in [2.75, 3.05) is 19.6 Å². The summed E-state index contributed by atoms with van der Waals surface area (Å²) >= 11 is 0. The standard InChI is InChI=1S/C11H20N2O2/c1-3-4-6-12-11(15)13-7-5-10(14)9(2)8-13/h9H,3-8H2,1-2H3,(H,12,15). The molecular weight excluding hydrogens is 192 g/mol. The number of carbonyl (C=O) groups excluding carboxylic acids is 2. The lowest BCUT2D eigenvalue weighted by molar-refractivity contribution is -0.124. The molecule has 0 aromatic carbocycles. The number of rotatable bonds is 3. The molecule has 15 heavy (non-hydrogen) atoms. The van der Waals surface area contributed by atoms with Gasteiger partial charge in [0.25, 0.3) is 0 Å². The number of amides is 2. The Morgan fingerprint density at radius 2 is 2.33 bits per heavy atom. The average Bonchev–Trinajstić information content (AvgIpc) is 2.22. The van der Waals surface area contributed by atoms with E-state index in [-0.39, 0.29) is 17.7 Å². The number of hydrogen-bond acceptors (Lipinski definition) is 2. The van der Waals surface area contributed by atoms with Crippen molar-refractivity contribution in [1.29, 1.82) is 0 Å².